The summed E-state index contributed by atoms with van der Waals surface area (Å²) < 4.78 is 11.5. The van der Waals surface area contributed by atoms with E-state index in [1.807, 2.05) is 31.2 Å². The lowest BCUT2D eigenvalue weighted by molar-refractivity contribution is -0.149. The molecule has 3 heteroatoms. The summed E-state index contributed by atoms with van der Waals surface area (Å²) in [4.78, 5) is 12.0. The number of carbonyl (C=O) groups excluding carboxylic acids is 1. The third-order valence-corrected chi connectivity index (χ3v) is 5.85. The van der Waals surface area contributed by atoms with Crippen LogP contribution in [0, 0.1) is 5.92 Å². The van der Waals surface area contributed by atoms with Crippen molar-refractivity contribution in [1.82, 2.24) is 0 Å². The van der Waals surface area contributed by atoms with Crippen LogP contribution >= 0.6 is 0 Å². The lowest BCUT2D eigenvalue weighted by Gasteiger charge is -2.16. The molecule has 2 atom stereocenters. The number of hydrogen-bond acceptors (Lipinski definition) is 3. The van der Waals surface area contributed by atoms with E-state index in [9.17, 15) is 4.79 Å². The molecule has 31 heavy (non-hydrogen) atoms. The van der Waals surface area contributed by atoms with Gasteiger partial charge in [-0.3, -0.25) is 4.79 Å². The van der Waals surface area contributed by atoms with E-state index in [2.05, 4.69) is 45.0 Å². The molecule has 0 amide bonds. The van der Waals surface area contributed by atoms with Crippen LogP contribution in [0.25, 0.3) is 11.1 Å². The summed E-state index contributed by atoms with van der Waals surface area (Å²) in [6, 6.07) is 16.5. The predicted molar refractivity (Wildman–Crippen MR) is 129 cm³/mol. The molecule has 0 aliphatic carbocycles. The van der Waals surface area contributed by atoms with Gasteiger partial charge in [-0.1, -0.05) is 95.7 Å². The van der Waals surface area contributed by atoms with Gasteiger partial charge in [0.15, 0.2) is 0 Å². The van der Waals surface area contributed by atoms with Gasteiger partial charge in [-0.25, -0.2) is 0 Å². The number of ether oxygens (including phenoxy) is 2. The number of esters is 1. The Morgan fingerprint density at radius 1 is 0.806 bits per heavy atom. The minimum Gasteiger partial charge on any atom is -0.494 e. The van der Waals surface area contributed by atoms with E-state index in [1.165, 1.54) is 32.1 Å². The Labute approximate surface area is 189 Å². The highest BCUT2D eigenvalue weighted by atomic mass is 16.5. The Morgan fingerprint density at radius 3 is 2.00 bits per heavy atom. The maximum absolute atomic E-state index is 12.0. The summed E-state index contributed by atoms with van der Waals surface area (Å²) >= 11 is 0. The van der Waals surface area contributed by atoms with E-state index in [4.69, 9.17) is 9.47 Å². The number of carbonyl (C=O) groups is 1. The van der Waals surface area contributed by atoms with Crippen molar-refractivity contribution in [3.63, 3.8) is 0 Å². The van der Waals surface area contributed by atoms with Crippen molar-refractivity contribution < 1.29 is 14.3 Å². The molecular formula is C28H40O3. The predicted octanol–water partition coefficient (Wildman–Crippen LogP) is 8.13. The molecule has 0 aliphatic rings. The molecule has 0 fully saturated rings. The number of unbranched alkanes of at least 4 members (excludes halogenated alkanes) is 5. The van der Waals surface area contributed by atoms with Gasteiger partial charge in [-0.05, 0) is 48.1 Å². The third kappa shape index (κ3) is 9.16. The quantitative estimate of drug-likeness (QED) is 0.227. The fourth-order valence-electron chi connectivity index (χ4n) is 3.50. The molecule has 0 heterocycles. The maximum atomic E-state index is 12.0. The van der Waals surface area contributed by atoms with Gasteiger partial charge in [-0.15, -0.1) is 0 Å². The van der Waals surface area contributed by atoms with Crippen molar-refractivity contribution in [3.05, 3.63) is 54.1 Å². The van der Waals surface area contributed by atoms with Gasteiger partial charge < -0.3 is 9.47 Å². The van der Waals surface area contributed by atoms with Crippen LogP contribution in [0.5, 0.6) is 5.75 Å². The minimum atomic E-state index is -0.233. The highest BCUT2D eigenvalue weighted by Crippen LogP contribution is 2.26. The van der Waals surface area contributed by atoms with Crippen molar-refractivity contribution >= 4 is 5.97 Å². The fourth-order valence-corrected chi connectivity index (χ4v) is 3.50. The standard InChI is InChI=1S/C28H40O3/c1-5-7-8-9-10-11-20-30-27-18-16-26(17-19-27)25-14-12-24(13-15-25)23(4)31-28(29)21-22(3)6-2/h12-19,22-23H,5-11,20-21H2,1-4H3. The smallest absolute Gasteiger partial charge is 0.306 e. The van der Waals surface area contributed by atoms with Gasteiger partial charge in [0.1, 0.15) is 11.9 Å². The van der Waals surface area contributed by atoms with Crippen molar-refractivity contribution in [1.29, 1.82) is 0 Å². The summed E-state index contributed by atoms with van der Waals surface area (Å²) in [5.41, 5.74) is 3.31. The molecule has 2 rings (SSSR count). The molecule has 0 N–H and O–H groups in total. The Balaban J connectivity index is 1.81. The first-order valence-corrected chi connectivity index (χ1v) is 12.1. The molecule has 0 aliphatic heterocycles. The molecule has 3 nitrogen and oxygen atoms in total. The second-order valence-corrected chi connectivity index (χ2v) is 8.61. The largest absolute Gasteiger partial charge is 0.494 e. The van der Waals surface area contributed by atoms with E-state index in [1.54, 1.807) is 0 Å². The average Bonchev–Trinajstić information content (AvgIpc) is 2.78. The van der Waals surface area contributed by atoms with Gasteiger partial charge in [-0.2, -0.15) is 0 Å². The van der Waals surface area contributed by atoms with Crippen LogP contribution in [-0.4, -0.2) is 12.6 Å². The second-order valence-electron chi connectivity index (χ2n) is 8.61. The Bertz CT molecular complexity index is 749. The van der Waals surface area contributed by atoms with Crippen molar-refractivity contribution in [2.24, 2.45) is 5.92 Å². The number of rotatable bonds is 14. The van der Waals surface area contributed by atoms with Crippen molar-refractivity contribution in [2.75, 3.05) is 6.61 Å². The van der Waals surface area contributed by atoms with Crippen LogP contribution < -0.4 is 4.74 Å². The number of benzene rings is 2. The Morgan fingerprint density at radius 2 is 1.39 bits per heavy atom. The number of hydrogen-bond donors (Lipinski definition) is 0. The zero-order valence-electron chi connectivity index (χ0n) is 19.9. The molecule has 2 unspecified atom stereocenters. The summed E-state index contributed by atoms with van der Waals surface area (Å²) in [7, 11) is 0. The third-order valence-electron chi connectivity index (χ3n) is 5.85. The molecule has 170 valence electrons. The van der Waals surface area contributed by atoms with Crippen LogP contribution in [-0.2, 0) is 9.53 Å². The SMILES string of the molecule is CCCCCCCCOc1ccc(-c2ccc(C(C)OC(=O)CC(C)CC)cc2)cc1. The van der Waals surface area contributed by atoms with Gasteiger partial charge >= 0.3 is 5.97 Å². The van der Waals surface area contributed by atoms with Crippen LogP contribution in [0.4, 0.5) is 0 Å². The lowest BCUT2D eigenvalue weighted by Crippen LogP contribution is -2.12. The van der Waals surface area contributed by atoms with Crippen LogP contribution in [0.2, 0.25) is 0 Å². The minimum absolute atomic E-state index is 0.123. The van der Waals surface area contributed by atoms with E-state index in [0.717, 1.165) is 41.9 Å². The van der Waals surface area contributed by atoms with Gasteiger partial charge in [0.25, 0.3) is 0 Å². The first kappa shape index (κ1) is 25.0. The molecule has 0 spiro atoms. The molecule has 0 radical (unpaired) electrons. The van der Waals surface area contributed by atoms with Crippen LogP contribution in [0.15, 0.2) is 48.5 Å². The molecule has 0 saturated carbocycles. The Kier molecular flexibility index (Phi) is 11.2. The molecule has 2 aromatic carbocycles. The first-order chi connectivity index (χ1) is 15.0. The molecule has 0 saturated heterocycles. The summed E-state index contributed by atoms with van der Waals surface area (Å²) in [5.74, 6) is 1.16. The molecule has 0 aromatic heterocycles. The summed E-state index contributed by atoms with van der Waals surface area (Å²) in [6.07, 6.45) is 8.87. The summed E-state index contributed by atoms with van der Waals surface area (Å²) in [6.45, 7) is 9.13. The monoisotopic (exact) mass is 424 g/mol. The average molecular weight is 425 g/mol. The van der Waals surface area contributed by atoms with E-state index < -0.39 is 0 Å². The lowest BCUT2D eigenvalue weighted by atomic mass is 10.0. The van der Waals surface area contributed by atoms with E-state index in [0.29, 0.717) is 12.3 Å². The Hall–Kier alpha value is -2.29. The topological polar surface area (TPSA) is 35.5 Å². The van der Waals surface area contributed by atoms with Crippen molar-refractivity contribution in [2.45, 2.75) is 85.2 Å². The van der Waals surface area contributed by atoms with E-state index in [-0.39, 0.29) is 12.1 Å². The second kappa shape index (κ2) is 13.9. The van der Waals surface area contributed by atoms with Crippen LogP contribution in [0.1, 0.15) is 90.7 Å². The first-order valence-electron chi connectivity index (χ1n) is 12.1. The normalized spacial score (nSPS) is 12.9. The zero-order chi connectivity index (χ0) is 22.5. The summed E-state index contributed by atoms with van der Waals surface area (Å²) in [5, 5.41) is 0. The highest BCUT2D eigenvalue weighted by Gasteiger charge is 2.14. The molecular weight excluding hydrogens is 384 g/mol. The molecule has 2 aromatic rings. The van der Waals surface area contributed by atoms with Crippen molar-refractivity contribution in [3.8, 4) is 16.9 Å². The van der Waals surface area contributed by atoms with Gasteiger partial charge in [0.05, 0.1) is 6.61 Å². The van der Waals surface area contributed by atoms with E-state index >= 15 is 0 Å². The zero-order valence-corrected chi connectivity index (χ0v) is 19.9. The molecule has 0 bridgehead atoms. The highest BCUT2D eigenvalue weighted by molar-refractivity contribution is 5.70. The maximum Gasteiger partial charge on any atom is 0.306 e. The fraction of sp³-hybridized carbons (Fsp3) is 0.536. The van der Waals surface area contributed by atoms with Gasteiger partial charge in [0, 0.05) is 6.42 Å². The van der Waals surface area contributed by atoms with Gasteiger partial charge in [0.2, 0.25) is 0 Å². The van der Waals surface area contributed by atoms with Crippen LogP contribution in [0.3, 0.4) is 0 Å².